The predicted octanol–water partition coefficient (Wildman–Crippen LogP) is 3.08. The van der Waals surface area contributed by atoms with Gasteiger partial charge in [-0.3, -0.25) is 4.98 Å². The average molecular weight is 310 g/mol. The van der Waals surface area contributed by atoms with Crippen molar-refractivity contribution in [2.75, 3.05) is 13.6 Å². The third-order valence-electron chi connectivity index (χ3n) is 3.69. The Morgan fingerprint density at radius 2 is 1.96 bits per heavy atom. The van der Waals surface area contributed by atoms with Gasteiger partial charge in [0.05, 0.1) is 11.9 Å². The van der Waals surface area contributed by atoms with Crippen LogP contribution in [0.15, 0.2) is 61.2 Å². The zero-order valence-corrected chi connectivity index (χ0v) is 13.1. The first-order valence-electron chi connectivity index (χ1n) is 7.57. The molecule has 0 N–H and O–H groups in total. The topological polar surface area (TPSA) is 34.0 Å². The van der Waals surface area contributed by atoms with Crippen molar-refractivity contribution in [3.05, 3.63) is 78.1 Å². The molecular weight excluding hydrogens is 291 g/mol. The van der Waals surface area contributed by atoms with Crippen LogP contribution in [0.2, 0.25) is 0 Å². The average Bonchev–Trinajstić information content (AvgIpc) is 3.02. The summed E-state index contributed by atoms with van der Waals surface area (Å²) in [6.07, 6.45) is 8.39. The van der Waals surface area contributed by atoms with Crippen LogP contribution < -0.4 is 0 Å². The number of hydrogen-bond acceptors (Lipinski definition) is 3. The molecule has 0 amide bonds. The van der Waals surface area contributed by atoms with Crippen molar-refractivity contribution < 1.29 is 4.39 Å². The van der Waals surface area contributed by atoms with Gasteiger partial charge in [-0.05, 0) is 49.4 Å². The van der Waals surface area contributed by atoms with E-state index >= 15 is 0 Å². The molecule has 2 heterocycles. The first kappa shape index (κ1) is 15.4. The first-order chi connectivity index (χ1) is 11.2. The van der Waals surface area contributed by atoms with E-state index in [1.165, 1.54) is 17.7 Å². The largest absolute Gasteiger partial charge is 0.302 e. The predicted molar refractivity (Wildman–Crippen MR) is 87.8 cm³/mol. The lowest BCUT2D eigenvalue weighted by molar-refractivity contribution is 0.331. The third-order valence-corrected chi connectivity index (χ3v) is 3.69. The lowest BCUT2D eigenvalue weighted by Crippen LogP contribution is -2.20. The Bertz CT molecular complexity index is 754. The Balaban J connectivity index is 1.58. The molecule has 0 atom stereocenters. The van der Waals surface area contributed by atoms with Gasteiger partial charge in [-0.15, -0.1) is 0 Å². The molecule has 0 spiro atoms. The van der Waals surface area contributed by atoms with Crippen LogP contribution in [-0.4, -0.2) is 33.3 Å². The van der Waals surface area contributed by atoms with Gasteiger partial charge >= 0.3 is 0 Å². The summed E-state index contributed by atoms with van der Waals surface area (Å²) < 4.78 is 15.0. The van der Waals surface area contributed by atoms with Crippen molar-refractivity contribution in [3.63, 3.8) is 0 Å². The minimum atomic E-state index is -0.256. The molecule has 0 fully saturated rings. The molecule has 0 saturated carbocycles. The Morgan fingerprint density at radius 3 is 2.74 bits per heavy atom. The van der Waals surface area contributed by atoms with Crippen molar-refractivity contribution in [3.8, 4) is 5.69 Å². The molecule has 118 valence electrons. The van der Waals surface area contributed by atoms with Gasteiger partial charge < -0.3 is 4.90 Å². The van der Waals surface area contributed by atoms with Crippen molar-refractivity contribution in [2.24, 2.45) is 0 Å². The van der Waals surface area contributed by atoms with Gasteiger partial charge in [-0.1, -0.05) is 6.07 Å². The third kappa shape index (κ3) is 4.23. The lowest BCUT2D eigenvalue weighted by Gasteiger charge is -2.15. The van der Waals surface area contributed by atoms with Gasteiger partial charge in [0.2, 0.25) is 0 Å². The fourth-order valence-corrected chi connectivity index (χ4v) is 2.46. The van der Waals surface area contributed by atoms with Gasteiger partial charge in [0, 0.05) is 37.2 Å². The fourth-order valence-electron chi connectivity index (χ4n) is 2.46. The molecular formula is C18H19FN4. The second-order valence-electron chi connectivity index (χ2n) is 5.62. The molecule has 4 nitrogen and oxygen atoms in total. The second-order valence-corrected chi connectivity index (χ2v) is 5.62. The SMILES string of the molecule is CN(CCc1ccncc1)Cc1cnn(-c2cccc(F)c2)c1. The molecule has 3 rings (SSSR count). The summed E-state index contributed by atoms with van der Waals surface area (Å²) in [6.45, 7) is 1.76. The Hall–Kier alpha value is -2.53. The molecule has 0 aliphatic carbocycles. The van der Waals surface area contributed by atoms with Gasteiger partial charge in [-0.2, -0.15) is 5.10 Å². The molecule has 23 heavy (non-hydrogen) atoms. The highest BCUT2D eigenvalue weighted by atomic mass is 19.1. The number of halogens is 1. The van der Waals surface area contributed by atoms with Crippen LogP contribution in [-0.2, 0) is 13.0 Å². The molecule has 5 heteroatoms. The smallest absolute Gasteiger partial charge is 0.125 e. The minimum Gasteiger partial charge on any atom is -0.302 e. The van der Waals surface area contributed by atoms with Crippen molar-refractivity contribution in [2.45, 2.75) is 13.0 Å². The number of aromatic nitrogens is 3. The van der Waals surface area contributed by atoms with E-state index in [1.807, 2.05) is 43.0 Å². The summed E-state index contributed by atoms with van der Waals surface area (Å²) in [7, 11) is 2.08. The molecule has 3 aromatic rings. The maximum absolute atomic E-state index is 13.3. The van der Waals surface area contributed by atoms with Crippen LogP contribution in [0.3, 0.4) is 0 Å². The summed E-state index contributed by atoms with van der Waals surface area (Å²) in [6, 6.07) is 10.5. The molecule has 0 saturated heterocycles. The normalized spacial score (nSPS) is 11.1. The number of benzene rings is 1. The van der Waals surface area contributed by atoms with E-state index in [0.29, 0.717) is 0 Å². The molecule has 2 aromatic heterocycles. The number of rotatable bonds is 6. The molecule has 0 radical (unpaired) electrons. The monoisotopic (exact) mass is 310 g/mol. The maximum Gasteiger partial charge on any atom is 0.125 e. The highest BCUT2D eigenvalue weighted by Crippen LogP contribution is 2.11. The number of nitrogens with zero attached hydrogens (tertiary/aromatic N) is 4. The number of pyridine rings is 1. The molecule has 0 unspecified atom stereocenters. The summed E-state index contributed by atoms with van der Waals surface area (Å²) in [5, 5.41) is 4.31. The van der Waals surface area contributed by atoms with Crippen molar-refractivity contribution in [1.82, 2.24) is 19.7 Å². The summed E-state index contributed by atoms with van der Waals surface area (Å²) in [5.74, 6) is -0.256. The fraction of sp³-hybridized carbons (Fsp3) is 0.222. The first-order valence-corrected chi connectivity index (χ1v) is 7.57. The van der Waals surface area contributed by atoms with E-state index in [1.54, 1.807) is 10.7 Å². The van der Waals surface area contributed by atoms with Gasteiger partial charge in [0.15, 0.2) is 0 Å². The van der Waals surface area contributed by atoms with Crippen LogP contribution in [0.25, 0.3) is 5.69 Å². The van der Waals surface area contributed by atoms with Gasteiger partial charge in [0.1, 0.15) is 5.82 Å². The zero-order valence-electron chi connectivity index (χ0n) is 13.1. The Morgan fingerprint density at radius 1 is 1.13 bits per heavy atom. The van der Waals surface area contributed by atoms with Crippen molar-refractivity contribution in [1.29, 1.82) is 0 Å². The highest BCUT2D eigenvalue weighted by Gasteiger charge is 2.05. The van der Waals surface area contributed by atoms with Crippen LogP contribution >= 0.6 is 0 Å². The van der Waals surface area contributed by atoms with E-state index in [0.717, 1.165) is 30.8 Å². The van der Waals surface area contributed by atoms with Crippen LogP contribution in [0, 0.1) is 5.82 Å². The second kappa shape index (κ2) is 7.15. The van der Waals surface area contributed by atoms with E-state index in [4.69, 9.17) is 0 Å². The van der Waals surface area contributed by atoms with Crippen molar-refractivity contribution >= 4 is 0 Å². The number of likely N-dealkylation sites (N-methyl/N-ethyl adjacent to an activating group) is 1. The van der Waals surface area contributed by atoms with Crippen LogP contribution in [0.4, 0.5) is 4.39 Å². The van der Waals surface area contributed by atoms with Gasteiger partial charge in [-0.25, -0.2) is 9.07 Å². The standard InChI is InChI=1S/C18H19FN4/c1-22(10-7-15-5-8-20-9-6-15)13-16-12-21-23(14-16)18-4-2-3-17(19)11-18/h2-6,8-9,11-12,14H,7,10,13H2,1H3. The quantitative estimate of drug-likeness (QED) is 0.701. The molecule has 0 aliphatic heterocycles. The molecule has 0 bridgehead atoms. The van der Waals surface area contributed by atoms with E-state index in [2.05, 4.69) is 22.0 Å². The van der Waals surface area contributed by atoms with Gasteiger partial charge in [0.25, 0.3) is 0 Å². The molecule has 0 aliphatic rings. The minimum absolute atomic E-state index is 0.256. The van der Waals surface area contributed by atoms with E-state index in [9.17, 15) is 4.39 Å². The summed E-state index contributed by atoms with van der Waals surface area (Å²) >= 11 is 0. The van der Waals surface area contributed by atoms with E-state index in [-0.39, 0.29) is 5.82 Å². The summed E-state index contributed by atoms with van der Waals surface area (Å²) in [5.41, 5.74) is 3.12. The maximum atomic E-state index is 13.3. The Labute approximate surface area is 135 Å². The molecule has 1 aromatic carbocycles. The summed E-state index contributed by atoms with van der Waals surface area (Å²) in [4.78, 5) is 6.27. The van der Waals surface area contributed by atoms with Crippen LogP contribution in [0.5, 0.6) is 0 Å². The Kier molecular flexibility index (Phi) is 4.78. The van der Waals surface area contributed by atoms with E-state index < -0.39 is 0 Å². The van der Waals surface area contributed by atoms with Crippen LogP contribution in [0.1, 0.15) is 11.1 Å². The highest BCUT2D eigenvalue weighted by molar-refractivity contribution is 5.31. The number of hydrogen-bond donors (Lipinski definition) is 0. The lowest BCUT2D eigenvalue weighted by atomic mass is 10.2. The zero-order chi connectivity index (χ0) is 16.1.